The number of carbonyl (C=O) groups excluding carboxylic acids is 1. The second-order valence-corrected chi connectivity index (χ2v) is 6.12. The van der Waals surface area contributed by atoms with E-state index in [1.54, 1.807) is 18.2 Å². The highest BCUT2D eigenvalue weighted by Crippen LogP contribution is 2.17. The van der Waals surface area contributed by atoms with Crippen LogP contribution in [0, 0.1) is 5.82 Å². The van der Waals surface area contributed by atoms with Gasteiger partial charge in [0.1, 0.15) is 11.6 Å². The van der Waals surface area contributed by atoms with E-state index in [-0.39, 0.29) is 11.7 Å². The van der Waals surface area contributed by atoms with Gasteiger partial charge >= 0.3 is 0 Å². The fourth-order valence-corrected chi connectivity index (χ4v) is 2.95. The molecule has 1 heterocycles. The third-order valence-electron chi connectivity index (χ3n) is 4.39. The molecule has 0 spiro atoms. The molecule has 1 aliphatic rings. The molecule has 0 bridgehead atoms. The lowest BCUT2D eigenvalue weighted by atomic mass is 10.2. The zero-order chi connectivity index (χ0) is 18.4. The first-order valence-corrected chi connectivity index (χ1v) is 8.86. The van der Waals surface area contributed by atoms with Crippen molar-refractivity contribution < 1.29 is 13.9 Å². The van der Waals surface area contributed by atoms with Crippen molar-refractivity contribution in [3.05, 3.63) is 66.0 Å². The minimum Gasteiger partial charge on any atom is -0.494 e. The monoisotopic (exact) mass is 354 g/mol. The first kappa shape index (κ1) is 18.0. The first-order chi connectivity index (χ1) is 12.7. The van der Waals surface area contributed by atoms with Gasteiger partial charge in [-0.25, -0.2) is 4.39 Å². The highest BCUT2D eigenvalue weighted by Gasteiger charge is 2.19. The Bertz CT molecular complexity index is 749. The Morgan fingerprint density at radius 1 is 1.04 bits per heavy atom. The number of piperazine rings is 1. The number of carbonyl (C=O) groups is 1. The molecule has 5 heteroatoms. The van der Waals surface area contributed by atoms with Crippen molar-refractivity contribution >= 4 is 17.7 Å². The standard InChI is InChI=1S/C21H23FN2O2/c1-2-26-20-10-3-17(4-11-20)5-12-21(25)24-15-13-23(14-16-24)19-8-6-18(22)7-9-19/h3-12H,2,13-16H2,1H3/b12-5+. The summed E-state index contributed by atoms with van der Waals surface area (Å²) >= 11 is 0. The van der Waals surface area contributed by atoms with Crippen LogP contribution in [0.25, 0.3) is 6.08 Å². The summed E-state index contributed by atoms with van der Waals surface area (Å²) in [6, 6.07) is 14.1. The van der Waals surface area contributed by atoms with Crippen molar-refractivity contribution in [2.24, 2.45) is 0 Å². The van der Waals surface area contributed by atoms with E-state index in [0.29, 0.717) is 19.7 Å². The summed E-state index contributed by atoms with van der Waals surface area (Å²) in [4.78, 5) is 16.4. The number of ether oxygens (including phenoxy) is 1. The van der Waals surface area contributed by atoms with Gasteiger partial charge in [-0.2, -0.15) is 0 Å². The zero-order valence-corrected chi connectivity index (χ0v) is 14.9. The van der Waals surface area contributed by atoms with Gasteiger partial charge in [-0.15, -0.1) is 0 Å². The van der Waals surface area contributed by atoms with Crippen LogP contribution >= 0.6 is 0 Å². The Hall–Kier alpha value is -2.82. The molecule has 4 nitrogen and oxygen atoms in total. The molecule has 0 N–H and O–H groups in total. The molecule has 1 amide bonds. The molecule has 2 aromatic rings. The molecule has 1 aliphatic heterocycles. The maximum atomic E-state index is 13.0. The summed E-state index contributed by atoms with van der Waals surface area (Å²) in [6.45, 7) is 5.38. The molecule has 0 aliphatic carbocycles. The summed E-state index contributed by atoms with van der Waals surface area (Å²) in [5.41, 5.74) is 1.95. The van der Waals surface area contributed by atoms with Gasteiger partial charge < -0.3 is 14.5 Å². The predicted octanol–water partition coefficient (Wildman–Crippen LogP) is 3.59. The Kier molecular flexibility index (Phi) is 5.89. The van der Waals surface area contributed by atoms with Crippen LogP contribution in [0.2, 0.25) is 0 Å². The van der Waals surface area contributed by atoms with Gasteiger partial charge in [0.05, 0.1) is 6.61 Å². The average Bonchev–Trinajstić information content (AvgIpc) is 2.68. The summed E-state index contributed by atoms with van der Waals surface area (Å²) in [5, 5.41) is 0. The summed E-state index contributed by atoms with van der Waals surface area (Å²) in [7, 11) is 0. The van der Waals surface area contributed by atoms with Crippen molar-refractivity contribution in [3.63, 3.8) is 0 Å². The average molecular weight is 354 g/mol. The summed E-state index contributed by atoms with van der Waals surface area (Å²) in [5.74, 6) is 0.604. The van der Waals surface area contributed by atoms with Crippen molar-refractivity contribution in [2.45, 2.75) is 6.92 Å². The van der Waals surface area contributed by atoms with Crippen molar-refractivity contribution in [3.8, 4) is 5.75 Å². The van der Waals surface area contributed by atoms with Gasteiger partial charge in [-0.1, -0.05) is 12.1 Å². The Balaban J connectivity index is 1.52. The van der Waals surface area contributed by atoms with Crippen molar-refractivity contribution in [1.82, 2.24) is 4.90 Å². The lowest BCUT2D eigenvalue weighted by Crippen LogP contribution is -2.48. The van der Waals surface area contributed by atoms with Crippen LogP contribution in [0.15, 0.2) is 54.6 Å². The van der Waals surface area contributed by atoms with Crippen molar-refractivity contribution in [2.75, 3.05) is 37.7 Å². The van der Waals surface area contributed by atoms with E-state index >= 15 is 0 Å². The quantitative estimate of drug-likeness (QED) is 0.770. The van der Waals surface area contributed by atoms with Gasteiger partial charge in [0.2, 0.25) is 5.91 Å². The first-order valence-electron chi connectivity index (χ1n) is 8.86. The van der Waals surface area contributed by atoms with Gasteiger partial charge in [0.25, 0.3) is 0 Å². The molecule has 0 unspecified atom stereocenters. The molecule has 2 aromatic carbocycles. The SMILES string of the molecule is CCOc1ccc(/C=C/C(=O)N2CCN(c3ccc(F)cc3)CC2)cc1. The molecule has 1 saturated heterocycles. The number of amides is 1. The second kappa shape index (κ2) is 8.52. The molecule has 0 saturated carbocycles. The third-order valence-corrected chi connectivity index (χ3v) is 4.39. The fourth-order valence-electron chi connectivity index (χ4n) is 2.95. The Morgan fingerprint density at radius 2 is 1.69 bits per heavy atom. The number of hydrogen-bond acceptors (Lipinski definition) is 3. The molecular weight excluding hydrogens is 331 g/mol. The van der Waals surface area contributed by atoms with Crippen LogP contribution in [0.4, 0.5) is 10.1 Å². The molecule has 136 valence electrons. The van der Waals surface area contributed by atoms with Crippen molar-refractivity contribution in [1.29, 1.82) is 0 Å². The predicted molar refractivity (Wildman–Crippen MR) is 102 cm³/mol. The molecule has 3 rings (SSSR count). The van der Waals surface area contributed by atoms with Gasteiger partial charge in [-0.3, -0.25) is 4.79 Å². The van der Waals surface area contributed by atoms with Crippen LogP contribution in [0.3, 0.4) is 0 Å². The van der Waals surface area contributed by atoms with Crippen LogP contribution in [-0.2, 0) is 4.79 Å². The highest BCUT2D eigenvalue weighted by atomic mass is 19.1. The summed E-state index contributed by atoms with van der Waals surface area (Å²) in [6.07, 6.45) is 3.44. The minimum absolute atomic E-state index is 0.0117. The van der Waals surface area contributed by atoms with E-state index in [1.807, 2.05) is 42.2 Å². The lowest BCUT2D eigenvalue weighted by molar-refractivity contribution is -0.126. The molecule has 0 atom stereocenters. The number of rotatable bonds is 5. The van der Waals surface area contributed by atoms with Crippen LogP contribution in [-0.4, -0.2) is 43.6 Å². The Morgan fingerprint density at radius 3 is 2.31 bits per heavy atom. The number of hydrogen-bond donors (Lipinski definition) is 0. The van der Waals surface area contributed by atoms with E-state index in [2.05, 4.69) is 4.90 Å². The van der Waals surface area contributed by atoms with E-state index in [9.17, 15) is 9.18 Å². The van der Waals surface area contributed by atoms with Gasteiger partial charge in [0, 0.05) is 37.9 Å². The van der Waals surface area contributed by atoms with Gasteiger partial charge in [-0.05, 0) is 55.0 Å². The largest absolute Gasteiger partial charge is 0.494 e. The molecule has 1 fully saturated rings. The van der Waals surface area contributed by atoms with Crippen LogP contribution in [0.1, 0.15) is 12.5 Å². The normalized spacial score (nSPS) is 14.7. The number of benzene rings is 2. The smallest absolute Gasteiger partial charge is 0.246 e. The number of anilines is 1. The maximum Gasteiger partial charge on any atom is 0.246 e. The van der Waals surface area contributed by atoms with Crippen LogP contribution < -0.4 is 9.64 Å². The van der Waals surface area contributed by atoms with E-state index in [4.69, 9.17) is 4.74 Å². The van der Waals surface area contributed by atoms with E-state index in [0.717, 1.165) is 30.1 Å². The molecule has 0 radical (unpaired) electrons. The number of nitrogens with zero attached hydrogens (tertiary/aromatic N) is 2. The van der Waals surface area contributed by atoms with E-state index < -0.39 is 0 Å². The molecule has 0 aromatic heterocycles. The molecule has 26 heavy (non-hydrogen) atoms. The lowest BCUT2D eigenvalue weighted by Gasteiger charge is -2.35. The van der Waals surface area contributed by atoms with Gasteiger partial charge in [0.15, 0.2) is 0 Å². The Labute approximate surface area is 153 Å². The van der Waals surface area contributed by atoms with E-state index in [1.165, 1.54) is 12.1 Å². The molecular formula is C21H23FN2O2. The number of halogens is 1. The second-order valence-electron chi connectivity index (χ2n) is 6.12. The summed E-state index contributed by atoms with van der Waals surface area (Å²) < 4.78 is 18.4. The maximum absolute atomic E-state index is 13.0. The highest BCUT2D eigenvalue weighted by molar-refractivity contribution is 5.92. The zero-order valence-electron chi connectivity index (χ0n) is 14.9. The third kappa shape index (κ3) is 4.63. The topological polar surface area (TPSA) is 32.8 Å². The van der Waals surface area contributed by atoms with Crippen LogP contribution in [0.5, 0.6) is 5.75 Å². The minimum atomic E-state index is -0.234. The fraction of sp³-hybridized carbons (Fsp3) is 0.286.